The van der Waals surface area contributed by atoms with E-state index in [1.807, 2.05) is 0 Å². The number of methoxy groups -OCH3 is 1. The van der Waals surface area contributed by atoms with E-state index in [1.54, 1.807) is 22.9 Å². The molecule has 106 valence electrons. The first-order valence-electron chi connectivity index (χ1n) is 5.88. The summed E-state index contributed by atoms with van der Waals surface area (Å²) < 4.78 is 6.57. The van der Waals surface area contributed by atoms with Crippen molar-refractivity contribution in [2.45, 2.75) is 18.2 Å². The third-order valence-electron chi connectivity index (χ3n) is 3.28. The van der Waals surface area contributed by atoms with Crippen molar-refractivity contribution in [2.24, 2.45) is 0 Å². The number of hydrogen-bond acceptors (Lipinski definition) is 7. The van der Waals surface area contributed by atoms with Crippen LogP contribution in [0.3, 0.4) is 0 Å². The van der Waals surface area contributed by atoms with Crippen LogP contribution >= 0.6 is 0 Å². The second kappa shape index (κ2) is 5.42. The Balaban J connectivity index is 2.33. The molecule has 0 aliphatic carbocycles. The molecule has 0 aliphatic rings. The van der Waals surface area contributed by atoms with Gasteiger partial charge >= 0.3 is 0 Å². The van der Waals surface area contributed by atoms with Crippen molar-refractivity contribution in [3.05, 3.63) is 18.6 Å². The predicted octanol–water partition coefficient (Wildman–Crippen LogP) is -0.725. The third-order valence-corrected chi connectivity index (χ3v) is 3.28. The van der Waals surface area contributed by atoms with Crippen LogP contribution in [0.4, 0.5) is 5.82 Å². The highest BCUT2D eigenvalue weighted by Gasteiger charge is 2.38. The van der Waals surface area contributed by atoms with Crippen molar-refractivity contribution in [3.63, 3.8) is 0 Å². The number of anilines is 1. The molecule has 0 bridgehead atoms. The molecular weight excluding hydrogens is 262 g/mol. The summed E-state index contributed by atoms with van der Waals surface area (Å²) >= 11 is 0. The number of aromatic nitrogens is 3. The molecule has 2 aromatic rings. The summed E-state index contributed by atoms with van der Waals surface area (Å²) in [6, 6.07) is 3.51. The van der Waals surface area contributed by atoms with Gasteiger partial charge < -0.3 is 25.3 Å². The highest BCUT2D eigenvalue weighted by molar-refractivity contribution is 5.85. The lowest BCUT2D eigenvalue weighted by atomic mass is 9.99. The largest absolute Gasteiger partial charge is 0.392 e. The number of fused-ring (bicyclic) bond motifs is 1. The molecule has 0 saturated carbocycles. The molecule has 0 spiro atoms. The van der Waals surface area contributed by atoms with E-state index < -0.39 is 18.3 Å². The topological polar surface area (TPSA) is 130 Å². The Morgan fingerprint density at radius 3 is 2.95 bits per heavy atom. The van der Waals surface area contributed by atoms with Crippen LogP contribution in [0.1, 0.15) is 0 Å². The zero-order chi connectivity index (χ0) is 14.8. The fourth-order valence-electron chi connectivity index (χ4n) is 1.97. The maximum absolute atomic E-state index is 10.2. The number of nitrogens with two attached hydrogens (primary N) is 1. The van der Waals surface area contributed by atoms with E-state index in [9.17, 15) is 10.2 Å². The minimum absolute atomic E-state index is 0.0297. The van der Waals surface area contributed by atoms with Gasteiger partial charge in [0.05, 0.1) is 18.5 Å². The van der Waals surface area contributed by atoms with Gasteiger partial charge in [0.1, 0.15) is 30.0 Å². The molecule has 8 nitrogen and oxygen atoms in total. The minimum Gasteiger partial charge on any atom is -0.392 e. The fraction of sp³-hybridized carbons (Fsp3) is 0.417. The number of nitrogens with zero attached hydrogens (tertiary/aromatic N) is 4. The molecule has 2 aromatic heterocycles. The van der Waals surface area contributed by atoms with Crippen molar-refractivity contribution in [2.75, 3.05) is 19.5 Å². The van der Waals surface area contributed by atoms with Gasteiger partial charge in [-0.3, -0.25) is 0 Å². The molecule has 0 saturated heterocycles. The van der Waals surface area contributed by atoms with Gasteiger partial charge in [-0.05, 0) is 6.07 Å². The van der Waals surface area contributed by atoms with Crippen LogP contribution in [0, 0.1) is 11.3 Å². The summed E-state index contributed by atoms with van der Waals surface area (Å²) in [5, 5.41) is 29.2. The molecule has 2 rings (SSSR count). The summed E-state index contributed by atoms with van der Waals surface area (Å²) in [5.74, 6) is 0.337. The van der Waals surface area contributed by atoms with Gasteiger partial charge in [0.25, 0.3) is 0 Å². The van der Waals surface area contributed by atoms with Crippen molar-refractivity contribution in [1.82, 2.24) is 14.5 Å². The Kier molecular flexibility index (Phi) is 3.85. The monoisotopic (exact) mass is 277 g/mol. The van der Waals surface area contributed by atoms with E-state index in [4.69, 9.17) is 15.7 Å². The lowest BCUT2D eigenvalue weighted by Gasteiger charge is -2.28. The number of ether oxygens (including phenoxy) is 1. The second-order valence-corrected chi connectivity index (χ2v) is 4.34. The first-order chi connectivity index (χ1) is 9.57. The molecule has 20 heavy (non-hydrogen) atoms. The molecule has 0 aromatic carbocycles. The molecule has 4 N–H and O–H groups in total. The zero-order valence-corrected chi connectivity index (χ0v) is 10.9. The molecule has 2 heterocycles. The van der Waals surface area contributed by atoms with Crippen molar-refractivity contribution >= 4 is 16.9 Å². The fourth-order valence-corrected chi connectivity index (χ4v) is 1.97. The maximum Gasteiger partial charge on any atom is 0.204 e. The number of aliphatic hydroxyl groups is 2. The Labute approximate surface area is 115 Å². The first kappa shape index (κ1) is 14.2. The highest BCUT2D eigenvalue weighted by atomic mass is 16.5. The van der Waals surface area contributed by atoms with Gasteiger partial charge in [0, 0.05) is 13.3 Å². The highest BCUT2D eigenvalue weighted by Crippen LogP contribution is 2.21. The van der Waals surface area contributed by atoms with Gasteiger partial charge in [0.2, 0.25) is 5.60 Å². The van der Waals surface area contributed by atoms with Crippen LogP contribution < -0.4 is 5.73 Å². The van der Waals surface area contributed by atoms with E-state index in [0.29, 0.717) is 16.9 Å². The van der Waals surface area contributed by atoms with E-state index in [2.05, 4.69) is 9.97 Å². The van der Waals surface area contributed by atoms with Gasteiger partial charge in [-0.15, -0.1) is 0 Å². The summed E-state index contributed by atoms with van der Waals surface area (Å²) in [6.45, 7) is -0.584. The average Bonchev–Trinajstić information content (AvgIpc) is 2.86. The summed E-state index contributed by atoms with van der Waals surface area (Å²) in [6.07, 6.45) is 1.77. The predicted molar refractivity (Wildman–Crippen MR) is 70.4 cm³/mol. The molecule has 8 heteroatoms. The van der Waals surface area contributed by atoms with Gasteiger partial charge in [-0.25, -0.2) is 9.97 Å². The normalized spacial score (nSPS) is 15.7. The molecule has 0 amide bonds. The molecular formula is C12H15N5O3. The lowest BCUT2D eigenvalue weighted by Crippen LogP contribution is -2.48. The van der Waals surface area contributed by atoms with Crippen molar-refractivity contribution < 1.29 is 14.9 Å². The SMILES string of the molecule is CO[C@](C#N)(CO)[C@@H](O)Cn1ccc2c(N)ncnc21. The Morgan fingerprint density at radius 2 is 2.35 bits per heavy atom. The van der Waals surface area contributed by atoms with Crippen LogP contribution in [0.25, 0.3) is 11.0 Å². The van der Waals surface area contributed by atoms with Crippen molar-refractivity contribution in [1.29, 1.82) is 5.26 Å². The number of nitrogen functional groups attached to an aromatic ring is 1. The summed E-state index contributed by atoms with van der Waals surface area (Å²) in [5.41, 5.74) is 4.59. The molecule has 0 fully saturated rings. The number of nitriles is 1. The van der Waals surface area contributed by atoms with Gasteiger partial charge in [0.15, 0.2) is 0 Å². The Hall–Kier alpha value is -2.21. The maximum atomic E-state index is 10.2. The van der Waals surface area contributed by atoms with Crippen molar-refractivity contribution in [3.8, 4) is 6.07 Å². The summed E-state index contributed by atoms with van der Waals surface area (Å²) in [7, 11) is 1.26. The Bertz CT molecular complexity index is 644. The average molecular weight is 277 g/mol. The minimum atomic E-state index is -1.67. The van der Waals surface area contributed by atoms with E-state index in [0.717, 1.165) is 0 Å². The molecule has 2 atom stereocenters. The molecule has 0 radical (unpaired) electrons. The van der Waals surface area contributed by atoms with Crippen LogP contribution in [-0.2, 0) is 11.3 Å². The number of aliphatic hydroxyl groups excluding tert-OH is 2. The zero-order valence-electron chi connectivity index (χ0n) is 10.9. The second-order valence-electron chi connectivity index (χ2n) is 4.34. The van der Waals surface area contributed by atoms with Crippen LogP contribution in [0.2, 0.25) is 0 Å². The van der Waals surface area contributed by atoms with E-state index in [-0.39, 0.29) is 6.54 Å². The van der Waals surface area contributed by atoms with Crippen LogP contribution in [-0.4, -0.2) is 50.2 Å². The summed E-state index contributed by atoms with van der Waals surface area (Å²) in [4.78, 5) is 7.96. The van der Waals surface area contributed by atoms with Gasteiger partial charge in [-0.2, -0.15) is 5.26 Å². The number of hydrogen-bond donors (Lipinski definition) is 3. The standard InChI is InChI=1S/C12H15N5O3/c1-20-12(5-13,6-18)9(19)4-17-3-2-8-10(14)15-7-16-11(8)17/h2-3,7,9,18-19H,4,6H2,1H3,(H2,14,15,16)/t9-,12+/m0/s1. The van der Waals surface area contributed by atoms with Gasteiger partial charge in [-0.1, -0.05) is 0 Å². The molecule has 0 unspecified atom stereocenters. The number of rotatable bonds is 5. The van der Waals surface area contributed by atoms with Crippen LogP contribution in [0.5, 0.6) is 0 Å². The quantitative estimate of drug-likeness (QED) is 0.657. The lowest BCUT2D eigenvalue weighted by molar-refractivity contribution is -0.0960. The molecule has 0 aliphatic heterocycles. The Morgan fingerprint density at radius 1 is 1.60 bits per heavy atom. The van der Waals surface area contributed by atoms with E-state index >= 15 is 0 Å². The third kappa shape index (κ3) is 2.18. The smallest absolute Gasteiger partial charge is 0.204 e. The first-order valence-corrected chi connectivity index (χ1v) is 5.88. The van der Waals surface area contributed by atoms with Crippen LogP contribution in [0.15, 0.2) is 18.6 Å². The van der Waals surface area contributed by atoms with E-state index in [1.165, 1.54) is 13.4 Å².